The minimum Gasteiger partial charge on any atom is -0.388 e. The van der Waals surface area contributed by atoms with Crippen LogP contribution in [0.5, 0.6) is 0 Å². The van der Waals surface area contributed by atoms with Crippen molar-refractivity contribution in [1.29, 1.82) is 0 Å². The highest BCUT2D eigenvalue weighted by molar-refractivity contribution is 6.45. The fourth-order valence-electron chi connectivity index (χ4n) is 4.94. The highest BCUT2D eigenvalue weighted by Gasteiger charge is 2.44. The van der Waals surface area contributed by atoms with Crippen LogP contribution in [0.25, 0.3) is 10.9 Å². The lowest BCUT2D eigenvalue weighted by Crippen LogP contribution is -2.31. The average Bonchev–Trinajstić information content (AvgIpc) is 3.42. The number of fused-ring (bicyclic) bond motifs is 1. The summed E-state index contributed by atoms with van der Waals surface area (Å²) < 4.78 is 0. The van der Waals surface area contributed by atoms with Gasteiger partial charge in [0, 0.05) is 35.9 Å². The number of nitrogens with zero attached hydrogens (tertiary/aromatic N) is 1. The van der Waals surface area contributed by atoms with Crippen LogP contribution in [0, 0.1) is 0 Å². The van der Waals surface area contributed by atoms with Gasteiger partial charge in [0.1, 0.15) is 0 Å². The van der Waals surface area contributed by atoms with Gasteiger partial charge < -0.3 is 15.2 Å². The van der Waals surface area contributed by atoms with Gasteiger partial charge in [-0.1, -0.05) is 78.9 Å². The summed E-state index contributed by atoms with van der Waals surface area (Å²) in [4.78, 5) is 31.5. The Morgan fingerprint density at radius 1 is 0.886 bits per heavy atom. The number of rotatable bonds is 8. The molecule has 4 aromatic rings. The van der Waals surface area contributed by atoms with Crippen LogP contribution in [0.3, 0.4) is 0 Å². The zero-order chi connectivity index (χ0) is 24.2. The summed E-state index contributed by atoms with van der Waals surface area (Å²) in [5.74, 6) is -0.847. The first-order valence-corrected chi connectivity index (χ1v) is 12.1. The van der Waals surface area contributed by atoms with Crippen LogP contribution in [0.2, 0.25) is 0 Å². The Labute approximate surface area is 205 Å². The molecule has 5 nitrogen and oxygen atoms in total. The van der Waals surface area contributed by atoms with Crippen LogP contribution < -0.4 is 5.32 Å². The van der Waals surface area contributed by atoms with Crippen LogP contribution in [0.1, 0.15) is 29.7 Å². The van der Waals surface area contributed by atoms with E-state index in [4.69, 9.17) is 0 Å². The van der Waals surface area contributed by atoms with E-state index in [9.17, 15) is 9.59 Å². The van der Waals surface area contributed by atoms with Crippen LogP contribution in [0.4, 0.5) is 0 Å². The standard InChI is InChI=1S/C30H29N3O2/c1-21(31-18-16-22-10-4-2-5-11-22)27-28(23-12-6-3-7-13-23)33(30(35)29(27)34)19-17-24-20-32-26-15-9-8-14-25(24)26/h2-15,20,28,31-32H,16-19H2,1H3/b27-21-/t28-/m1/s1. The van der Waals surface area contributed by atoms with Crippen LogP contribution >= 0.6 is 0 Å². The molecule has 0 aliphatic carbocycles. The van der Waals surface area contributed by atoms with Crippen molar-refractivity contribution in [2.75, 3.05) is 13.1 Å². The van der Waals surface area contributed by atoms with E-state index >= 15 is 0 Å². The highest BCUT2D eigenvalue weighted by Crippen LogP contribution is 2.37. The number of benzene rings is 3. The number of aromatic nitrogens is 1. The molecule has 3 aromatic carbocycles. The zero-order valence-corrected chi connectivity index (χ0v) is 19.8. The summed E-state index contributed by atoms with van der Waals surface area (Å²) in [6, 6.07) is 27.8. The fourth-order valence-corrected chi connectivity index (χ4v) is 4.94. The summed E-state index contributed by atoms with van der Waals surface area (Å²) in [7, 11) is 0. The summed E-state index contributed by atoms with van der Waals surface area (Å²) in [6.45, 7) is 3.06. The largest absolute Gasteiger partial charge is 0.388 e. The lowest BCUT2D eigenvalue weighted by atomic mass is 9.97. The number of allylic oxidation sites excluding steroid dienone is 1. The molecule has 2 heterocycles. The molecule has 0 saturated carbocycles. The van der Waals surface area contributed by atoms with E-state index in [-0.39, 0.29) is 0 Å². The Kier molecular flexibility index (Phi) is 6.49. The Morgan fingerprint density at radius 2 is 1.57 bits per heavy atom. The normalized spacial score (nSPS) is 17.3. The maximum absolute atomic E-state index is 13.3. The van der Waals surface area contributed by atoms with Gasteiger partial charge in [-0.25, -0.2) is 0 Å². The molecule has 2 N–H and O–H groups in total. The third kappa shape index (κ3) is 4.62. The Bertz CT molecular complexity index is 1370. The second kappa shape index (κ2) is 10.0. The molecule has 1 amide bonds. The van der Waals surface area contributed by atoms with Crippen molar-refractivity contribution in [2.45, 2.75) is 25.8 Å². The predicted octanol–water partition coefficient (Wildman–Crippen LogP) is 4.97. The minimum atomic E-state index is -0.432. The minimum absolute atomic E-state index is 0.398. The predicted molar refractivity (Wildman–Crippen MR) is 139 cm³/mol. The van der Waals surface area contributed by atoms with E-state index in [1.165, 1.54) is 5.56 Å². The molecule has 1 aromatic heterocycles. The lowest BCUT2D eigenvalue weighted by Gasteiger charge is -2.26. The molecule has 5 heteroatoms. The van der Waals surface area contributed by atoms with Gasteiger partial charge >= 0.3 is 0 Å². The first kappa shape index (κ1) is 22.7. The number of hydrogen-bond acceptors (Lipinski definition) is 3. The first-order valence-electron chi connectivity index (χ1n) is 12.1. The molecule has 1 saturated heterocycles. The third-order valence-corrected chi connectivity index (χ3v) is 6.75. The van der Waals surface area contributed by atoms with Crippen LogP contribution in [-0.4, -0.2) is 34.7 Å². The van der Waals surface area contributed by atoms with Gasteiger partial charge in [0.25, 0.3) is 11.7 Å². The lowest BCUT2D eigenvalue weighted by molar-refractivity contribution is -0.139. The van der Waals surface area contributed by atoms with Crippen molar-refractivity contribution in [3.8, 4) is 0 Å². The number of hydrogen-bond donors (Lipinski definition) is 2. The summed E-state index contributed by atoms with van der Waals surface area (Å²) in [6.07, 6.45) is 3.51. The maximum Gasteiger partial charge on any atom is 0.295 e. The average molecular weight is 464 g/mol. The van der Waals surface area contributed by atoms with Crippen LogP contribution in [-0.2, 0) is 22.4 Å². The van der Waals surface area contributed by atoms with Gasteiger partial charge in [-0.15, -0.1) is 0 Å². The number of likely N-dealkylation sites (tertiary alicyclic amines) is 1. The molecule has 1 fully saturated rings. The maximum atomic E-state index is 13.3. The number of para-hydroxylation sites is 1. The van der Waals surface area contributed by atoms with Crippen molar-refractivity contribution < 1.29 is 9.59 Å². The number of Topliss-reactive ketones (excluding diaryl/α,β-unsaturated/α-hetero) is 1. The van der Waals surface area contributed by atoms with E-state index in [0.29, 0.717) is 25.1 Å². The molecule has 0 bridgehead atoms. The molecule has 35 heavy (non-hydrogen) atoms. The number of nitrogens with one attached hydrogen (secondary N) is 2. The number of ketones is 1. The topological polar surface area (TPSA) is 65.2 Å². The number of carbonyl (C=O) groups excluding carboxylic acids is 2. The number of carbonyl (C=O) groups is 2. The Balaban J connectivity index is 1.41. The molecule has 176 valence electrons. The van der Waals surface area contributed by atoms with Gasteiger partial charge in [-0.3, -0.25) is 9.59 Å². The quantitative estimate of drug-likeness (QED) is 0.286. The van der Waals surface area contributed by atoms with Crippen molar-refractivity contribution in [1.82, 2.24) is 15.2 Å². The second-order valence-electron chi connectivity index (χ2n) is 8.95. The molecule has 1 atom stereocenters. The van der Waals surface area contributed by atoms with Gasteiger partial charge in [0.15, 0.2) is 0 Å². The molecule has 5 rings (SSSR count). The molecule has 0 radical (unpaired) electrons. The van der Waals surface area contributed by atoms with Crippen molar-refractivity contribution in [3.05, 3.63) is 119 Å². The summed E-state index contributed by atoms with van der Waals surface area (Å²) in [5, 5.41) is 4.56. The van der Waals surface area contributed by atoms with Crippen molar-refractivity contribution >= 4 is 22.6 Å². The molecule has 1 aliphatic rings. The molecular weight excluding hydrogens is 434 g/mol. The molecule has 0 spiro atoms. The Hall–Kier alpha value is -4.12. The first-order chi connectivity index (χ1) is 17.1. The van der Waals surface area contributed by atoms with Gasteiger partial charge in [-0.05, 0) is 42.5 Å². The van der Waals surface area contributed by atoms with Gasteiger partial charge in [-0.2, -0.15) is 0 Å². The SMILES string of the molecule is C/C(NCCc1ccccc1)=C1/C(=O)C(=O)N(CCc2c[nH]c3ccccc23)[C@@H]1c1ccccc1. The second-order valence-corrected chi connectivity index (χ2v) is 8.95. The Morgan fingerprint density at radius 3 is 2.34 bits per heavy atom. The van der Waals surface area contributed by atoms with Gasteiger partial charge in [0.2, 0.25) is 0 Å². The van der Waals surface area contributed by atoms with Crippen LogP contribution in [0.15, 0.2) is 102 Å². The van der Waals surface area contributed by atoms with E-state index in [1.54, 1.807) is 4.90 Å². The van der Waals surface area contributed by atoms with Crippen molar-refractivity contribution in [2.24, 2.45) is 0 Å². The monoisotopic (exact) mass is 463 g/mol. The highest BCUT2D eigenvalue weighted by atomic mass is 16.2. The van der Waals surface area contributed by atoms with E-state index in [1.807, 2.05) is 79.9 Å². The number of H-pyrrole nitrogens is 1. The van der Waals surface area contributed by atoms with E-state index in [2.05, 4.69) is 28.5 Å². The number of amides is 1. The van der Waals surface area contributed by atoms with E-state index < -0.39 is 17.7 Å². The molecule has 0 unspecified atom stereocenters. The summed E-state index contributed by atoms with van der Waals surface area (Å²) in [5.41, 5.74) is 5.71. The smallest absolute Gasteiger partial charge is 0.295 e. The fraction of sp³-hybridized carbons (Fsp3) is 0.200. The molecule has 1 aliphatic heterocycles. The van der Waals surface area contributed by atoms with Crippen molar-refractivity contribution in [3.63, 3.8) is 0 Å². The molecular formula is C30H29N3O2. The number of aromatic amines is 1. The zero-order valence-electron chi connectivity index (χ0n) is 19.8. The van der Waals surface area contributed by atoms with E-state index in [0.717, 1.165) is 34.1 Å². The third-order valence-electron chi connectivity index (χ3n) is 6.75. The van der Waals surface area contributed by atoms with Gasteiger partial charge in [0.05, 0.1) is 11.6 Å². The summed E-state index contributed by atoms with van der Waals surface area (Å²) >= 11 is 0.